The molecule has 0 aromatic carbocycles. The molecule has 1 aliphatic carbocycles. The summed E-state index contributed by atoms with van der Waals surface area (Å²) in [5, 5.41) is 0. The summed E-state index contributed by atoms with van der Waals surface area (Å²) in [6, 6.07) is 0. The zero-order valence-corrected chi connectivity index (χ0v) is 50.1. The molecule has 1 aliphatic rings. The summed E-state index contributed by atoms with van der Waals surface area (Å²) >= 11 is 0. The zero-order valence-electron chi connectivity index (χ0n) is 50.1. The van der Waals surface area contributed by atoms with Crippen molar-refractivity contribution < 1.29 is 299 Å². The molecule has 0 saturated carbocycles. The fraction of sp³-hybridized carbons (Fsp3) is 0.911. The van der Waals surface area contributed by atoms with E-state index >= 15 is 52.7 Å². The van der Waals surface area contributed by atoms with Crippen LogP contribution in [0.5, 0.6) is 0 Å². The van der Waals surface area contributed by atoms with Crippen LogP contribution in [0.25, 0.3) is 0 Å². The van der Waals surface area contributed by atoms with E-state index in [2.05, 4.69) is 0 Å². The second kappa shape index (κ2) is 27.6. The minimum atomic E-state index is -9.95. The molecule has 0 N–H and O–H groups in total. The molecule has 674 valence electrons. The van der Waals surface area contributed by atoms with Crippen LogP contribution in [-0.4, -0.2) is 191 Å². The van der Waals surface area contributed by atoms with Crippen molar-refractivity contribution in [3.8, 4) is 0 Å². The van der Waals surface area contributed by atoms with E-state index in [9.17, 15) is 246 Å². The molecular weight excluding hydrogens is 1830 g/mol. The Morgan fingerprint density at radius 3 is 0.336 bits per heavy atom. The predicted octanol–water partition coefficient (Wildman–Crippen LogP) is 26.1. The number of hydrogen-bond acceptors (Lipinski definition) is 0. The standard InChI is InChI=1S/C45H18F68/c46-14(47,18(54,55)22(62,63)26(70,71)30(78,79)34(86,87)38(94,95)42(102,103)104)5-1-10-9-11(2-6-15(48,49)19(56,57)23(64,65)27(72,73)31(80,81)35(88,89)39(96,97)43(105,106)107)13(4-8-17(52,53)21(60,61)25(68,69)29(76,77)33(84,85)37(92,93)41(100,101)45(111,112)113)12(10)3-7-16(50,51)20(58,59)24(66,67)28(74,75)32(82,83)36(90,91)40(98,99)44(108,109)110/h1-9H2. The average Bonchev–Trinajstić information content (AvgIpc) is 1.06. The van der Waals surface area contributed by atoms with Crippen LogP contribution in [0, 0.1) is 0 Å². The Kier molecular flexibility index (Phi) is 25.9. The van der Waals surface area contributed by atoms with E-state index in [0.29, 0.717) is 0 Å². The zero-order chi connectivity index (χ0) is 92.7. The summed E-state index contributed by atoms with van der Waals surface area (Å²) in [5.41, 5.74) is -14.1. The third-order valence-corrected chi connectivity index (χ3v) is 15.7. The van der Waals surface area contributed by atoms with E-state index in [4.69, 9.17) is 0 Å². The summed E-state index contributed by atoms with van der Waals surface area (Å²) in [7, 11) is 0. The summed E-state index contributed by atoms with van der Waals surface area (Å²) in [5.74, 6) is -265. The van der Waals surface area contributed by atoms with Gasteiger partial charge in [0.1, 0.15) is 0 Å². The molecule has 0 saturated heterocycles. The van der Waals surface area contributed by atoms with Crippen molar-refractivity contribution in [1.29, 1.82) is 0 Å². The minimum Gasteiger partial charge on any atom is -0.200 e. The van der Waals surface area contributed by atoms with E-state index in [0.717, 1.165) is 0 Å². The van der Waals surface area contributed by atoms with Gasteiger partial charge in [-0.15, -0.1) is 0 Å². The van der Waals surface area contributed by atoms with E-state index in [-0.39, 0.29) is 0 Å². The smallest absolute Gasteiger partial charge is 0.200 e. The van der Waals surface area contributed by atoms with E-state index < -0.39 is 271 Å². The van der Waals surface area contributed by atoms with Gasteiger partial charge in [0, 0.05) is 25.7 Å². The lowest BCUT2D eigenvalue weighted by Crippen LogP contribution is -2.74. The fourth-order valence-corrected chi connectivity index (χ4v) is 8.62. The first kappa shape index (κ1) is 106. The van der Waals surface area contributed by atoms with Gasteiger partial charge in [0.2, 0.25) is 0 Å². The van der Waals surface area contributed by atoms with Crippen LogP contribution in [0.3, 0.4) is 0 Å². The molecular formula is C45H18F68. The molecule has 0 unspecified atom stereocenters. The Bertz CT molecular complexity index is 3200. The van der Waals surface area contributed by atoms with Gasteiger partial charge in [-0.25, -0.2) is 0 Å². The van der Waals surface area contributed by atoms with Crippen molar-refractivity contribution in [3.63, 3.8) is 0 Å². The monoisotopic (exact) mass is 1850 g/mol. The molecule has 0 bridgehead atoms. The van der Waals surface area contributed by atoms with Crippen LogP contribution in [0.2, 0.25) is 0 Å². The molecule has 0 aromatic rings. The lowest BCUT2D eigenvalue weighted by atomic mass is 9.84. The van der Waals surface area contributed by atoms with Gasteiger partial charge in [-0.2, -0.15) is 299 Å². The number of rotatable bonds is 36. The average molecular weight is 1850 g/mol. The molecule has 0 radical (unpaired) electrons. The van der Waals surface area contributed by atoms with Crippen LogP contribution in [0.1, 0.15) is 57.8 Å². The number of allylic oxidation sites excluding steroid dienone is 4. The van der Waals surface area contributed by atoms with Crippen molar-refractivity contribution in [2.24, 2.45) is 0 Å². The van der Waals surface area contributed by atoms with Gasteiger partial charge in [0.25, 0.3) is 0 Å². The Balaban J connectivity index is 5.14. The van der Waals surface area contributed by atoms with E-state index in [1.807, 2.05) is 0 Å². The third kappa shape index (κ3) is 14.2. The molecule has 0 heterocycles. The van der Waals surface area contributed by atoms with Crippen LogP contribution in [-0.2, 0) is 0 Å². The van der Waals surface area contributed by atoms with Crippen LogP contribution in [0.4, 0.5) is 299 Å². The minimum absolute atomic E-state index is 3.38. The maximum absolute atomic E-state index is 15.4. The Morgan fingerprint density at radius 2 is 0.221 bits per heavy atom. The van der Waals surface area contributed by atoms with Gasteiger partial charge in [0.15, 0.2) is 0 Å². The van der Waals surface area contributed by atoms with Crippen molar-refractivity contribution in [1.82, 2.24) is 0 Å². The molecule has 0 aliphatic heterocycles. The number of hydrogen-bond donors (Lipinski definition) is 0. The summed E-state index contributed by atoms with van der Waals surface area (Å²) < 4.78 is 957. The Morgan fingerprint density at radius 1 is 0.124 bits per heavy atom. The van der Waals surface area contributed by atoms with Crippen molar-refractivity contribution in [3.05, 3.63) is 22.3 Å². The molecule has 0 spiro atoms. The molecule has 0 aromatic heterocycles. The summed E-state index contributed by atoms with van der Waals surface area (Å²) in [4.78, 5) is 0. The van der Waals surface area contributed by atoms with Gasteiger partial charge in [0.05, 0.1) is 0 Å². The van der Waals surface area contributed by atoms with E-state index in [1.54, 1.807) is 0 Å². The van der Waals surface area contributed by atoms with Crippen molar-refractivity contribution in [2.45, 2.75) is 248 Å². The Hall–Kier alpha value is -5.28. The molecule has 0 fully saturated rings. The van der Waals surface area contributed by atoms with Crippen molar-refractivity contribution in [2.75, 3.05) is 0 Å². The van der Waals surface area contributed by atoms with Crippen LogP contribution < -0.4 is 0 Å². The first-order chi connectivity index (χ1) is 47.9. The predicted molar refractivity (Wildman–Crippen MR) is 218 cm³/mol. The van der Waals surface area contributed by atoms with E-state index in [1.165, 1.54) is 0 Å². The lowest BCUT2D eigenvalue weighted by molar-refractivity contribution is -0.461. The van der Waals surface area contributed by atoms with Gasteiger partial charge in [-0.05, 0) is 43.3 Å². The van der Waals surface area contributed by atoms with Gasteiger partial charge < -0.3 is 0 Å². The van der Waals surface area contributed by atoms with Crippen LogP contribution in [0.15, 0.2) is 22.3 Å². The molecule has 68 heteroatoms. The fourth-order valence-electron chi connectivity index (χ4n) is 8.62. The highest BCUT2D eigenvalue weighted by Crippen LogP contribution is 2.71. The van der Waals surface area contributed by atoms with Crippen molar-refractivity contribution >= 4 is 0 Å². The number of halogens is 68. The number of alkyl halides is 68. The third-order valence-electron chi connectivity index (χ3n) is 15.7. The maximum atomic E-state index is 15.4. The molecule has 0 nitrogen and oxygen atoms in total. The second-order valence-electron chi connectivity index (χ2n) is 22.9. The molecule has 113 heavy (non-hydrogen) atoms. The highest BCUT2D eigenvalue weighted by Gasteiger charge is 3.00. The largest absolute Gasteiger partial charge is 0.460 e. The lowest BCUT2D eigenvalue weighted by Gasteiger charge is -2.43. The van der Waals surface area contributed by atoms with Crippen LogP contribution >= 0.6 is 0 Å². The first-order valence-corrected chi connectivity index (χ1v) is 26.1. The van der Waals surface area contributed by atoms with Gasteiger partial charge >= 0.3 is 191 Å². The summed E-state index contributed by atoms with van der Waals surface area (Å²) in [6.07, 6.45) is -74.1. The highest BCUT2D eigenvalue weighted by molar-refractivity contribution is 5.48. The summed E-state index contributed by atoms with van der Waals surface area (Å²) in [6.45, 7) is 0. The quantitative estimate of drug-likeness (QED) is 0.0549. The highest BCUT2D eigenvalue weighted by atomic mass is 19.5. The van der Waals surface area contributed by atoms with Gasteiger partial charge in [-0.1, -0.05) is 11.1 Å². The molecule has 1 rings (SSSR count). The molecule has 0 amide bonds. The second-order valence-corrected chi connectivity index (χ2v) is 22.9. The maximum Gasteiger partial charge on any atom is 0.460 e. The first-order valence-electron chi connectivity index (χ1n) is 26.1. The normalized spacial score (nSPS) is 17.7. The SMILES string of the molecule is FC(F)(F)C(F)(F)C(F)(F)C(F)(F)C(F)(F)C(F)(F)C(F)(F)C(F)(F)CCC1=C(CCC(F)(F)C(F)(F)C(F)(F)C(F)(F)C(F)(F)C(F)(F)C(F)(F)C(F)(F)F)C(CCC(F)(F)C(F)(F)C(F)(F)C(F)(F)C(F)(F)C(F)(F)C(F)(F)C(F)(F)F)=C(CCC(F)(F)C(F)(F)C(F)(F)C(F)(F)C(F)(F)C(F)(F)C(F)(F)C(F)(F)F)C1. The topological polar surface area (TPSA) is 0 Å². The van der Waals surface area contributed by atoms with Gasteiger partial charge in [-0.3, -0.25) is 0 Å². The Labute approximate surface area is 570 Å². The molecule has 0 atom stereocenters.